The summed E-state index contributed by atoms with van der Waals surface area (Å²) < 4.78 is 11.7. The minimum absolute atomic E-state index is 0.323. The van der Waals surface area contributed by atoms with E-state index >= 15 is 0 Å². The van der Waals surface area contributed by atoms with Gasteiger partial charge in [0.05, 0.1) is 16.9 Å². The zero-order valence-corrected chi connectivity index (χ0v) is 11.8. The first-order valence-electron chi connectivity index (χ1n) is 6.31. The Labute approximate surface area is 114 Å². The molecule has 1 aliphatic rings. The maximum Gasteiger partial charge on any atom is 0.487 e. The molecule has 0 unspecified atom stereocenters. The molecule has 0 radical (unpaired) electrons. The van der Waals surface area contributed by atoms with Crippen LogP contribution in [0.4, 0.5) is 5.82 Å². The number of pyridine rings is 1. The van der Waals surface area contributed by atoms with E-state index in [0.29, 0.717) is 5.82 Å². The summed E-state index contributed by atoms with van der Waals surface area (Å²) in [6.45, 7) is 8.10. The summed E-state index contributed by atoms with van der Waals surface area (Å²) >= 11 is 0. The molecule has 0 aliphatic carbocycles. The van der Waals surface area contributed by atoms with Gasteiger partial charge in [-0.15, -0.1) is 0 Å². The maximum absolute atomic E-state index is 5.87. The fraction of sp³-hybridized carbons (Fsp3) is 0.462. The van der Waals surface area contributed by atoms with Crippen molar-refractivity contribution in [2.24, 2.45) is 5.84 Å². The van der Waals surface area contributed by atoms with Crippen molar-refractivity contribution < 1.29 is 9.31 Å². The lowest BCUT2D eigenvalue weighted by atomic mass is 9.89. The summed E-state index contributed by atoms with van der Waals surface area (Å²) in [4.78, 5) is 4.29. The lowest BCUT2D eigenvalue weighted by molar-refractivity contribution is 0.00578. The van der Waals surface area contributed by atoms with Crippen LogP contribution >= 0.6 is 0 Å². The van der Waals surface area contributed by atoms with E-state index in [9.17, 15) is 0 Å². The molecular formula is C13H20BN3O2. The molecule has 1 aromatic heterocycles. The van der Waals surface area contributed by atoms with Crippen molar-refractivity contribution >= 4 is 19.0 Å². The largest absolute Gasteiger partial charge is 0.487 e. The van der Waals surface area contributed by atoms with Crippen molar-refractivity contribution in [2.75, 3.05) is 5.43 Å². The lowest BCUT2D eigenvalue weighted by Crippen LogP contribution is -2.41. The third-order valence-corrected chi connectivity index (χ3v) is 3.61. The molecule has 3 N–H and O–H groups in total. The SMILES string of the molecule is CC1(C)OB(/C=C/c2cccc(NN)n2)OC1(C)C. The monoisotopic (exact) mass is 261 g/mol. The molecule has 0 saturated carbocycles. The molecule has 0 bridgehead atoms. The predicted octanol–water partition coefficient (Wildman–Crippen LogP) is 2.01. The number of nitrogens with one attached hydrogen (secondary N) is 1. The Bertz CT molecular complexity index is 473. The highest BCUT2D eigenvalue weighted by Crippen LogP contribution is 2.36. The zero-order valence-electron chi connectivity index (χ0n) is 11.8. The van der Waals surface area contributed by atoms with Crippen LogP contribution in [0.3, 0.4) is 0 Å². The van der Waals surface area contributed by atoms with Gasteiger partial charge in [0.2, 0.25) is 0 Å². The van der Waals surface area contributed by atoms with Crippen LogP contribution in [0, 0.1) is 0 Å². The van der Waals surface area contributed by atoms with Crippen molar-refractivity contribution in [1.29, 1.82) is 0 Å². The molecule has 6 heteroatoms. The first-order valence-corrected chi connectivity index (χ1v) is 6.31. The van der Waals surface area contributed by atoms with Crippen molar-refractivity contribution in [3.63, 3.8) is 0 Å². The Hall–Kier alpha value is -1.37. The summed E-state index contributed by atoms with van der Waals surface area (Å²) in [6.07, 6.45) is 1.86. The number of anilines is 1. The normalized spacial score (nSPS) is 21.0. The van der Waals surface area contributed by atoms with Crippen LogP contribution in [0.15, 0.2) is 24.2 Å². The van der Waals surface area contributed by atoms with Crippen molar-refractivity contribution in [1.82, 2.24) is 4.98 Å². The quantitative estimate of drug-likeness (QED) is 0.495. The molecule has 102 valence electrons. The van der Waals surface area contributed by atoms with Gasteiger partial charge in [0, 0.05) is 0 Å². The molecule has 1 aromatic rings. The minimum Gasteiger partial charge on any atom is -0.400 e. The van der Waals surface area contributed by atoms with E-state index < -0.39 is 0 Å². The van der Waals surface area contributed by atoms with Gasteiger partial charge in [0.15, 0.2) is 0 Å². The van der Waals surface area contributed by atoms with Gasteiger partial charge in [0.1, 0.15) is 5.82 Å². The van der Waals surface area contributed by atoms with Crippen molar-refractivity contribution in [3.05, 3.63) is 29.9 Å². The second-order valence-electron chi connectivity index (χ2n) is 5.58. The molecule has 1 saturated heterocycles. The summed E-state index contributed by atoms with van der Waals surface area (Å²) in [7, 11) is -0.360. The summed E-state index contributed by atoms with van der Waals surface area (Å²) in [5, 5.41) is 0. The van der Waals surface area contributed by atoms with Crippen LogP contribution in [0.25, 0.3) is 6.08 Å². The molecule has 19 heavy (non-hydrogen) atoms. The van der Waals surface area contributed by atoms with Crippen LogP contribution in [-0.4, -0.2) is 23.3 Å². The highest BCUT2D eigenvalue weighted by atomic mass is 16.7. The Kier molecular flexibility index (Phi) is 3.67. The Morgan fingerprint density at radius 3 is 2.42 bits per heavy atom. The van der Waals surface area contributed by atoms with Crippen molar-refractivity contribution in [3.8, 4) is 0 Å². The first-order chi connectivity index (χ1) is 8.84. The summed E-state index contributed by atoms with van der Waals surface area (Å²) in [5.74, 6) is 7.80. The standard InChI is InChI=1S/C13H20BN3O2/c1-12(2)13(3,4)19-14(18-12)9-8-10-6-5-7-11(16-10)17-15/h5-9H,15H2,1-4H3,(H,16,17)/b9-8+. The van der Waals surface area contributed by atoms with Crippen LogP contribution in [0.1, 0.15) is 33.4 Å². The van der Waals surface area contributed by atoms with Gasteiger partial charge >= 0.3 is 7.12 Å². The Morgan fingerprint density at radius 2 is 1.84 bits per heavy atom. The van der Waals surface area contributed by atoms with Crippen molar-refractivity contribution in [2.45, 2.75) is 38.9 Å². The maximum atomic E-state index is 5.87. The average Bonchev–Trinajstić information content (AvgIpc) is 2.56. The summed E-state index contributed by atoms with van der Waals surface area (Å²) in [6, 6.07) is 5.57. The molecule has 2 heterocycles. The van der Waals surface area contributed by atoms with Gasteiger partial charge in [-0.2, -0.15) is 0 Å². The number of rotatable bonds is 3. The van der Waals surface area contributed by atoms with E-state index in [2.05, 4.69) is 10.4 Å². The van der Waals surface area contributed by atoms with E-state index in [1.54, 1.807) is 6.07 Å². The number of hydrogen-bond acceptors (Lipinski definition) is 5. The molecule has 0 amide bonds. The number of nitrogen functional groups attached to an aromatic ring is 1. The van der Waals surface area contributed by atoms with Gasteiger partial charge in [-0.05, 0) is 45.9 Å². The number of hydrogen-bond donors (Lipinski definition) is 2. The van der Waals surface area contributed by atoms with Gasteiger partial charge in [-0.25, -0.2) is 10.8 Å². The number of hydrazine groups is 1. The predicted molar refractivity (Wildman–Crippen MR) is 77.2 cm³/mol. The van der Waals surface area contributed by atoms with E-state index in [1.165, 1.54) is 0 Å². The fourth-order valence-electron chi connectivity index (χ4n) is 1.77. The number of nitrogens with zero attached hydrogens (tertiary/aromatic N) is 1. The highest BCUT2D eigenvalue weighted by molar-refractivity contribution is 6.52. The van der Waals surface area contributed by atoms with Crippen LogP contribution < -0.4 is 11.3 Å². The molecular weight excluding hydrogens is 241 g/mol. The molecule has 2 rings (SSSR count). The van der Waals surface area contributed by atoms with Crippen LogP contribution in [0.5, 0.6) is 0 Å². The molecule has 5 nitrogen and oxygen atoms in total. The summed E-state index contributed by atoms with van der Waals surface area (Å²) in [5.41, 5.74) is 2.66. The topological polar surface area (TPSA) is 69.4 Å². The van der Waals surface area contributed by atoms with Gasteiger partial charge < -0.3 is 14.7 Å². The fourth-order valence-corrected chi connectivity index (χ4v) is 1.77. The number of nitrogens with two attached hydrogens (primary N) is 1. The van der Waals surface area contributed by atoms with E-state index in [-0.39, 0.29) is 18.3 Å². The Morgan fingerprint density at radius 1 is 1.21 bits per heavy atom. The van der Waals surface area contributed by atoms with E-state index in [4.69, 9.17) is 15.2 Å². The third-order valence-electron chi connectivity index (χ3n) is 3.61. The Balaban J connectivity index is 2.08. The number of aromatic nitrogens is 1. The first kappa shape index (κ1) is 14.1. The second-order valence-corrected chi connectivity index (χ2v) is 5.58. The van der Waals surface area contributed by atoms with E-state index in [1.807, 2.05) is 51.9 Å². The minimum atomic E-state index is -0.360. The van der Waals surface area contributed by atoms with Gasteiger partial charge in [-0.3, -0.25) is 0 Å². The van der Waals surface area contributed by atoms with Gasteiger partial charge in [-0.1, -0.05) is 12.0 Å². The molecule has 1 aliphatic heterocycles. The zero-order chi connectivity index (χ0) is 14.1. The third kappa shape index (κ3) is 2.97. The highest BCUT2D eigenvalue weighted by Gasteiger charge is 2.49. The van der Waals surface area contributed by atoms with Crippen LogP contribution in [-0.2, 0) is 9.31 Å². The molecule has 0 atom stereocenters. The smallest absolute Gasteiger partial charge is 0.400 e. The second kappa shape index (κ2) is 4.96. The molecule has 0 aromatic carbocycles. The van der Waals surface area contributed by atoms with Crippen LogP contribution in [0.2, 0.25) is 0 Å². The van der Waals surface area contributed by atoms with Gasteiger partial charge in [0.25, 0.3) is 0 Å². The lowest BCUT2D eigenvalue weighted by Gasteiger charge is -2.32. The average molecular weight is 261 g/mol. The molecule has 1 fully saturated rings. The molecule has 0 spiro atoms. The van der Waals surface area contributed by atoms with E-state index in [0.717, 1.165) is 5.69 Å².